The minimum absolute atomic E-state index is 0.775. The Morgan fingerprint density at radius 1 is 1.33 bits per heavy atom. The third-order valence-corrected chi connectivity index (χ3v) is 4.91. The molecule has 114 valence electrons. The van der Waals surface area contributed by atoms with Gasteiger partial charge in [0.2, 0.25) is 0 Å². The molecule has 1 atom stereocenters. The van der Waals surface area contributed by atoms with Crippen LogP contribution in [-0.4, -0.2) is 44.0 Å². The number of aryl methyl sites for hydroxylation is 1. The molecule has 0 amide bonds. The van der Waals surface area contributed by atoms with Gasteiger partial charge in [-0.25, -0.2) is 4.99 Å². The van der Waals surface area contributed by atoms with E-state index in [1.54, 1.807) is 0 Å². The van der Waals surface area contributed by atoms with Gasteiger partial charge in [0, 0.05) is 24.8 Å². The lowest BCUT2D eigenvalue weighted by atomic mass is 10.00. The van der Waals surface area contributed by atoms with Crippen LogP contribution in [0.15, 0.2) is 23.2 Å². The fraction of sp³-hybridized carbons (Fsp3) is 0.588. The molecule has 4 heteroatoms. The SMILES string of the molecule is CN1CCCC1CCN1CCCc2cc(N=CN)ccc21. The molecule has 0 radical (unpaired) electrons. The Morgan fingerprint density at radius 3 is 3.00 bits per heavy atom. The van der Waals surface area contributed by atoms with Crippen molar-refractivity contribution in [1.29, 1.82) is 0 Å². The highest BCUT2D eigenvalue weighted by Gasteiger charge is 2.23. The molecule has 1 unspecified atom stereocenters. The number of anilines is 1. The van der Waals surface area contributed by atoms with E-state index in [0.717, 1.165) is 18.2 Å². The largest absolute Gasteiger partial charge is 0.390 e. The number of fused-ring (bicyclic) bond motifs is 1. The van der Waals surface area contributed by atoms with Crippen LogP contribution in [-0.2, 0) is 6.42 Å². The summed E-state index contributed by atoms with van der Waals surface area (Å²) >= 11 is 0. The van der Waals surface area contributed by atoms with Gasteiger partial charge in [-0.05, 0) is 69.5 Å². The maximum Gasteiger partial charge on any atom is 0.0860 e. The van der Waals surface area contributed by atoms with Gasteiger partial charge in [-0.15, -0.1) is 0 Å². The molecule has 0 bridgehead atoms. The zero-order valence-electron chi connectivity index (χ0n) is 13.0. The lowest BCUT2D eigenvalue weighted by Crippen LogP contribution is -2.34. The zero-order valence-corrected chi connectivity index (χ0v) is 13.0. The fourth-order valence-corrected chi connectivity index (χ4v) is 3.71. The Bertz CT molecular complexity index is 512. The number of nitrogens with zero attached hydrogens (tertiary/aromatic N) is 3. The number of hydrogen-bond donors (Lipinski definition) is 1. The van der Waals surface area contributed by atoms with Crippen LogP contribution in [0.2, 0.25) is 0 Å². The van der Waals surface area contributed by atoms with E-state index in [-0.39, 0.29) is 0 Å². The van der Waals surface area contributed by atoms with Crippen LogP contribution in [0.1, 0.15) is 31.2 Å². The van der Waals surface area contributed by atoms with Crippen molar-refractivity contribution in [2.45, 2.75) is 38.1 Å². The standard InChI is InChI=1S/C17H26N4/c1-20-9-3-5-16(20)8-11-21-10-2-4-14-12-15(19-13-18)6-7-17(14)21/h6-7,12-13,16H,2-5,8-11H2,1H3,(H2,18,19). The molecule has 0 aromatic heterocycles. The average Bonchev–Trinajstić information content (AvgIpc) is 2.90. The molecular weight excluding hydrogens is 260 g/mol. The second-order valence-electron chi connectivity index (χ2n) is 6.25. The quantitative estimate of drug-likeness (QED) is 0.683. The Kier molecular flexibility index (Phi) is 4.44. The molecule has 1 saturated heterocycles. The number of benzene rings is 1. The highest BCUT2D eigenvalue weighted by molar-refractivity contribution is 5.65. The van der Waals surface area contributed by atoms with Gasteiger partial charge in [-0.2, -0.15) is 0 Å². The molecule has 1 aromatic rings. The Morgan fingerprint density at radius 2 is 2.24 bits per heavy atom. The van der Waals surface area contributed by atoms with Crippen molar-refractivity contribution in [3.05, 3.63) is 23.8 Å². The summed E-state index contributed by atoms with van der Waals surface area (Å²) in [5, 5.41) is 0. The van der Waals surface area contributed by atoms with Crippen molar-refractivity contribution in [3.63, 3.8) is 0 Å². The van der Waals surface area contributed by atoms with Gasteiger partial charge in [-0.3, -0.25) is 0 Å². The highest BCUT2D eigenvalue weighted by Crippen LogP contribution is 2.31. The van der Waals surface area contributed by atoms with Gasteiger partial charge >= 0.3 is 0 Å². The molecule has 2 heterocycles. The summed E-state index contributed by atoms with van der Waals surface area (Å²) in [4.78, 5) is 9.26. The summed E-state index contributed by atoms with van der Waals surface area (Å²) < 4.78 is 0. The predicted molar refractivity (Wildman–Crippen MR) is 89.6 cm³/mol. The van der Waals surface area contributed by atoms with E-state index in [9.17, 15) is 0 Å². The average molecular weight is 286 g/mol. The van der Waals surface area contributed by atoms with Crippen LogP contribution in [0.4, 0.5) is 11.4 Å². The summed E-state index contributed by atoms with van der Waals surface area (Å²) in [6.07, 6.45) is 7.77. The van der Waals surface area contributed by atoms with E-state index in [0.29, 0.717) is 0 Å². The van der Waals surface area contributed by atoms with E-state index in [2.05, 4.69) is 40.0 Å². The van der Waals surface area contributed by atoms with E-state index in [1.807, 2.05) is 0 Å². The van der Waals surface area contributed by atoms with Crippen LogP contribution in [0.25, 0.3) is 0 Å². The van der Waals surface area contributed by atoms with E-state index in [4.69, 9.17) is 5.73 Å². The molecule has 3 rings (SSSR count). The van der Waals surface area contributed by atoms with E-state index >= 15 is 0 Å². The molecule has 2 N–H and O–H groups in total. The molecule has 21 heavy (non-hydrogen) atoms. The van der Waals surface area contributed by atoms with Crippen LogP contribution in [0, 0.1) is 0 Å². The first-order chi connectivity index (χ1) is 10.3. The monoisotopic (exact) mass is 286 g/mol. The van der Waals surface area contributed by atoms with Crippen LogP contribution >= 0.6 is 0 Å². The summed E-state index contributed by atoms with van der Waals surface area (Å²) in [7, 11) is 2.26. The van der Waals surface area contributed by atoms with Crippen molar-refractivity contribution in [3.8, 4) is 0 Å². The summed E-state index contributed by atoms with van der Waals surface area (Å²) in [6.45, 7) is 3.62. The summed E-state index contributed by atoms with van der Waals surface area (Å²) in [6, 6.07) is 7.25. The van der Waals surface area contributed by atoms with Crippen molar-refractivity contribution >= 4 is 17.7 Å². The lowest BCUT2D eigenvalue weighted by molar-refractivity contribution is 0.297. The van der Waals surface area contributed by atoms with Gasteiger partial charge in [0.25, 0.3) is 0 Å². The number of aliphatic imine (C=N–C) groups is 1. The van der Waals surface area contributed by atoms with Gasteiger partial charge in [0.1, 0.15) is 0 Å². The first-order valence-corrected chi connectivity index (χ1v) is 8.10. The molecule has 2 aliphatic rings. The third kappa shape index (κ3) is 3.21. The maximum atomic E-state index is 5.39. The molecule has 1 aromatic carbocycles. The number of nitrogens with two attached hydrogens (primary N) is 1. The van der Waals surface area contributed by atoms with Crippen molar-refractivity contribution in [2.75, 3.05) is 31.6 Å². The molecule has 4 nitrogen and oxygen atoms in total. The topological polar surface area (TPSA) is 44.9 Å². The first-order valence-electron chi connectivity index (χ1n) is 8.10. The number of likely N-dealkylation sites (tertiary alicyclic amines) is 1. The lowest BCUT2D eigenvalue weighted by Gasteiger charge is -2.33. The van der Waals surface area contributed by atoms with Gasteiger partial charge in [-0.1, -0.05) is 0 Å². The van der Waals surface area contributed by atoms with Crippen molar-refractivity contribution in [2.24, 2.45) is 10.7 Å². The van der Waals surface area contributed by atoms with Crippen LogP contribution in [0.5, 0.6) is 0 Å². The zero-order chi connectivity index (χ0) is 14.7. The van der Waals surface area contributed by atoms with Gasteiger partial charge in [0.15, 0.2) is 0 Å². The molecular formula is C17H26N4. The van der Waals surface area contributed by atoms with E-state index < -0.39 is 0 Å². The fourth-order valence-electron chi connectivity index (χ4n) is 3.71. The second-order valence-corrected chi connectivity index (χ2v) is 6.25. The molecule has 1 fully saturated rings. The van der Waals surface area contributed by atoms with Crippen molar-refractivity contribution in [1.82, 2.24) is 4.90 Å². The Balaban J connectivity index is 1.68. The third-order valence-electron chi connectivity index (χ3n) is 4.91. The summed E-state index contributed by atoms with van der Waals surface area (Å²) in [5.74, 6) is 0. The van der Waals surface area contributed by atoms with Crippen LogP contribution in [0.3, 0.4) is 0 Å². The minimum atomic E-state index is 0.775. The maximum absolute atomic E-state index is 5.39. The minimum Gasteiger partial charge on any atom is -0.390 e. The highest BCUT2D eigenvalue weighted by atomic mass is 15.2. The number of rotatable bonds is 4. The molecule has 0 saturated carbocycles. The molecule has 0 spiro atoms. The summed E-state index contributed by atoms with van der Waals surface area (Å²) in [5.41, 5.74) is 9.18. The van der Waals surface area contributed by atoms with Crippen molar-refractivity contribution < 1.29 is 0 Å². The van der Waals surface area contributed by atoms with Crippen LogP contribution < -0.4 is 10.6 Å². The smallest absolute Gasteiger partial charge is 0.0860 e. The van der Waals surface area contributed by atoms with E-state index in [1.165, 1.54) is 62.9 Å². The Hall–Kier alpha value is -1.55. The number of hydrogen-bond acceptors (Lipinski definition) is 3. The second kappa shape index (κ2) is 6.48. The molecule has 2 aliphatic heterocycles. The van der Waals surface area contributed by atoms with Gasteiger partial charge in [0.05, 0.1) is 12.0 Å². The molecule has 0 aliphatic carbocycles. The Labute approximate surface area is 127 Å². The first kappa shape index (κ1) is 14.4. The van der Waals surface area contributed by atoms with Gasteiger partial charge < -0.3 is 15.5 Å². The normalized spacial score (nSPS) is 22.9. The predicted octanol–water partition coefficient (Wildman–Crippen LogP) is 2.54.